The molecule has 2 aromatic heterocycles. The van der Waals surface area contributed by atoms with E-state index in [4.69, 9.17) is 18.6 Å². The molecule has 1 aliphatic rings. The summed E-state index contributed by atoms with van der Waals surface area (Å²) in [5, 5.41) is 10.4. The summed E-state index contributed by atoms with van der Waals surface area (Å²) in [6, 6.07) is 10.3. The van der Waals surface area contributed by atoms with Gasteiger partial charge in [-0.05, 0) is 51.7 Å². The van der Waals surface area contributed by atoms with E-state index in [1.54, 1.807) is 20.8 Å². The summed E-state index contributed by atoms with van der Waals surface area (Å²) in [4.78, 5) is 16.6. The average Bonchev–Trinajstić information content (AvgIpc) is 3.34. The summed E-state index contributed by atoms with van der Waals surface area (Å²) in [7, 11) is 0. The third kappa shape index (κ3) is 7.79. The molecular weight excluding hydrogens is 517 g/mol. The molecule has 0 saturated heterocycles. The van der Waals surface area contributed by atoms with Crippen molar-refractivity contribution in [2.45, 2.75) is 64.5 Å². The van der Waals surface area contributed by atoms with E-state index in [-0.39, 0.29) is 36.4 Å². The van der Waals surface area contributed by atoms with E-state index >= 15 is 0 Å². The van der Waals surface area contributed by atoms with Crippen molar-refractivity contribution in [1.29, 1.82) is 0 Å². The van der Waals surface area contributed by atoms with Gasteiger partial charge in [-0.2, -0.15) is 13.2 Å². The molecule has 208 valence electrons. The number of aromatic nitrogens is 3. The number of carbonyl (C=O) groups is 1. The van der Waals surface area contributed by atoms with Crippen LogP contribution in [0, 0.1) is 0 Å². The van der Waals surface area contributed by atoms with E-state index in [0.29, 0.717) is 19.3 Å². The van der Waals surface area contributed by atoms with Crippen molar-refractivity contribution in [2.75, 3.05) is 11.9 Å². The van der Waals surface area contributed by atoms with Gasteiger partial charge in [-0.25, -0.2) is 9.78 Å². The van der Waals surface area contributed by atoms with Crippen molar-refractivity contribution < 1.29 is 36.6 Å². The molecule has 1 aromatic carbocycles. The SMILES string of the molecule is CC(C)(C)OC(=O)Nc1cc(C(F)(F)F)c2nc1-c1nnc(o1)C(OCc1ccccc1)CC/C=C\CCO2. The molecule has 3 aromatic rings. The van der Waals surface area contributed by atoms with E-state index < -0.39 is 35.4 Å². The molecule has 0 aliphatic carbocycles. The molecule has 0 radical (unpaired) electrons. The van der Waals surface area contributed by atoms with Crippen LogP contribution >= 0.6 is 0 Å². The highest BCUT2D eigenvalue weighted by Crippen LogP contribution is 2.40. The lowest BCUT2D eigenvalue weighted by Crippen LogP contribution is -2.27. The zero-order valence-corrected chi connectivity index (χ0v) is 21.7. The third-order valence-corrected chi connectivity index (χ3v) is 5.43. The number of pyridine rings is 1. The molecule has 9 nitrogen and oxygen atoms in total. The second kappa shape index (κ2) is 11.9. The highest BCUT2D eigenvalue weighted by atomic mass is 19.4. The van der Waals surface area contributed by atoms with Gasteiger partial charge in [0.1, 0.15) is 17.3 Å². The van der Waals surface area contributed by atoms with Gasteiger partial charge in [0, 0.05) is 0 Å². The van der Waals surface area contributed by atoms with Gasteiger partial charge in [-0.1, -0.05) is 42.5 Å². The molecule has 39 heavy (non-hydrogen) atoms. The second-order valence-corrected chi connectivity index (χ2v) is 9.78. The number of hydrogen-bond acceptors (Lipinski definition) is 8. The van der Waals surface area contributed by atoms with Crippen LogP contribution in [0.3, 0.4) is 0 Å². The van der Waals surface area contributed by atoms with Crippen LogP contribution in [0.1, 0.15) is 63.2 Å². The first kappa shape index (κ1) is 28.1. The predicted octanol–water partition coefficient (Wildman–Crippen LogP) is 6.87. The van der Waals surface area contributed by atoms with Gasteiger partial charge in [-0.15, -0.1) is 10.2 Å². The minimum absolute atomic E-state index is 0.0477. The number of ether oxygens (including phenoxy) is 3. The smallest absolute Gasteiger partial charge is 0.421 e. The van der Waals surface area contributed by atoms with E-state index in [1.807, 2.05) is 42.5 Å². The standard InChI is InChI=1S/C27H29F3N4O5/c1-26(2,3)39-25(35)31-19-15-18(27(28,29)30)22-32-21(19)24-34-33-23(38-24)20(13-9-4-5-10-14-36-22)37-16-17-11-7-6-8-12-17/h4-8,11-12,15,20H,9-10,13-14,16H2,1-3H3,(H,31,35)/b5-4-. The highest BCUT2D eigenvalue weighted by Gasteiger charge is 2.38. The van der Waals surface area contributed by atoms with Crippen molar-refractivity contribution in [2.24, 2.45) is 0 Å². The van der Waals surface area contributed by atoms with Crippen LogP contribution in [-0.2, 0) is 22.3 Å². The molecule has 1 unspecified atom stereocenters. The number of allylic oxidation sites excluding steroid dienone is 1. The van der Waals surface area contributed by atoms with Crippen LogP contribution in [0.15, 0.2) is 53.0 Å². The normalized spacial score (nSPS) is 17.0. The van der Waals surface area contributed by atoms with Gasteiger partial charge in [0.15, 0.2) is 5.69 Å². The number of anilines is 1. The summed E-state index contributed by atoms with van der Waals surface area (Å²) in [5.41, 5.74) is -1.64. The van der Waals surface area contributed by atoms with E-state index in [2.05, 4.69) is 20.5 Å². The number of halogens is 3. The molecule has 1 amide bonds. The Kier molecular flexibility index (Phi) is 8.54. The lowest BCUT2D eigenvalue weighted by molar-refractivity contribution is -0.139. The van der Waals surface area contributed by atoms with Crippen molar-refractivity contribution in [1.82, 2.24) is 15.2 Å². The Balaban J connectivity index is 1.74. The van der Waals surface area contributed by atoms with Crippen LogP contribution < -0.4 is 10.1 Å². The molecular formula is C27H29F3N4O5. The molecule has 1 atom stereocenters. The van der Waals surface area contributed by atoms with Gasteiger partial charge in [-0.3, -0.25) is 5.32 Å². The molecule has 3 heterocycles. The van der Waals surface area contributed by atoms with E-state index in [1.165, 1.54) is 0 Å². The molecule has 0 spiro atoms. The molecule has 4 rings (SSSR count). The van der Waals surface area contributed by atoms with Crippen molar-refractivity contribution in [3.63, 3.8) is 0 Å². The zero-order valence-electron chi connectivity index (χ0n) is 21.7. The van der Waals surface area contributed by atoms with Gasteiger partial charge in [0.05, 0.1) is 18.9 Å². The maximum atomic E-state index is 13.9. The Morgan fingerprint density at radius 2 is 1.85 bits per heavy atom. The number of nitrogens with zero attached hydrogens (tertiary/aromatic N) is 3. The quantitative estimate of drug-likeness (QED) is 0.353. The average molecular weight is 547 g/mol. The van der Waals surface area contributed by atoms with E-state index in [9.17, 15) is 18.0 Å². The number of fused-ring (bicyclic) bond motifs is 5. The molecule has 12 heteroatoms. The Hall–Kier alpha value is -3.93. The van der Waals surface area contributed by atoms with Gasteiger partial charge in [0.2, 0.25) is 11.8 Å². The fourth-order valence-electron chi connectivity index (χ4n) is 3.70. The van der Waals surface area contributed by atoms with Crippen LogP contribution in [0.5, 0.6) is 5.88 Å². The number of amides is 1. The minimum atomic E-state index is -4.82. The molecule has 1 aliphatic heterocycles. The maximum absolute atomic E-state index is 13.9. The second-order valence-electron chi connectivity index (χ2n) is 9.78. The van der Waals surface area contributed by atoms with Crippen molar-refractivity contribution >= 4 is 11.8 Å². The summed E-state index contributed by atoms with van der Waals surface area (Å²) < 4.78 is 64.4. The first-order valence-electron chi connectivity index (χ1n) is 12.4. The molecule has 4 bridgehead atoms. The predicted molar refractivity (Wildman–Crippen MR) is 135 cm³/mol. The third-order valence-electron chi connectivity index (χ3n) is 5.43. The number of nitrogens with one attached hydrogen (secondary N) is 1. The Labute approximate surface area is 223 Å². The minimum Gasteiger partial charge on any atom is -0.477 e. The monoisotopic (exact) mass is 546 g/mol. The lowest BCUT2D eigenvalue weighted by atomic mass is 10.1. The summed E-state index contributed by atoms with van der Waals surface area (Å²) in [5.74, 6) is -0.761. The number of alkyl halides is 3. The first-order valence-corrected chi connectivity index (χ1v) is 12.4. The Morgan fingerprint density at radius 3 is 2.56 bits per heavy atom. The van der Waals surface area contributed by atoms with Gasteiger partial charge >= 0.3 is 12.3 Å². The van der Waals surface area contributed by atoms with Crippen LogP contribution in [0.4, 0.5) is 23.7 Å². The first-order chi connectivity index (χ1) is 18.5. The molecule has 0 saturated carbocycles. The fourth-order valence-corrected chi connectivity index (χ4v) is 3.70. The number of hydrogen-bond donors (Lipinski definition) is 1. The summed E-state index contributed by atoms with van der Waals surface area (Å²) in [6.07, 6.45) is -1.21. The zero-order chi connectivity index (χ0) is 28.0. The highest BCUT2D eigenvalue weighted by molar-refractivity contribution is 5.89. The summed E-state index contributed by atoms with van der Waals surface area (Å²) in [6.45, 7) is 5.12. The number of rotatable bonds is 4. The largest absolute Gasteiger partial charge is 0.477 e. The molecule has 0 fully saturated rings. The van der Waals surface area contributed by atoms with Crippen molar-refractivity contribution in [3.8, 4) is 17.5 Å². The van der Waals surface area contributed by atoms with Crippen molar-refractivity contribution in [3.05, 3.63) is 65.6 Å². The lowest BCUT2D eigenvalue weighted by Gasteiger charge is -2.21. The Bertz CT molecular complexity index is 1300. The van der Waals surface area contributed by atoms with Crippen LogP contribution in [0.25, 0.3) is 11.6 Å². The van der Waals surface area contributed by atoms with E-state index in [0.717, 1.165) is 11.6 Å². The van der Waals surface area contributed by atoms with Gasteiger partial charge < -0.3 is 18.6 Å². The number of carbonyl (C=O) groups excluding carboxylic acids is 1. The summed E-state index contributed by atoms with van der Waals surface area (Å²) >= 11 is 0. The van der Waals surface area contributed by atoms with Crippen LogP contribution in [-0.4, -0.2) is 33.5 Å². The number of benzene rings is 1. The van der Waals surface area contributed by atoms with Gasteiger partial charge in [0.25, 0.3) is 5.89 Å². The topological polar surface area (TPSA) is 109 Å². The molecule has 1 N–H and O–H groups in total. The Morgan fingerprint density at radius 1 is 1.10 bits per heavy atom. The van der Waals surface area contributed by atoms with Crippen LogP contribution in [0.2, 0.25) is 0 Å². The maximum Gasteiger partial charge on any atom is 0.421 e. The fraction of sp³-hybridized carbons (Fsp3) is 0.407.